The number of nitro benzene ring substituents is 1. The highest BCUT2D eigenvalue weighted by Crippen LogP contribution is 2.23. The van der Waals surface area contributed by atoms with Crippen molar-refractivity contribution < 1.29 is 19.6 Å². The predicted molar refractivity (Wildman–Crippen MR) is 88.8 cm³/mol. The Labute approximate surface area is 142 Å². The molecule has 1 aromatic heterocycles. The second-order valence-electron chi connectivity index (χ2n) is 5.12. The molecule has 0 aliphatic rings. The number of nitro groups is 1. The van der Waals surface area contributed by atoms with Gasteiger partial charge in [0.15, 0.2) is 0 Å². The number of carboxylic acid groups (broad SMARTS) is 1. The maximum Gasteiger partial charge on any atom is 0.321 e. The molecule has 9 nitrogen and oxygen atoms in total. The lowest BCUT2D eigenvalue weighted by atomic mass is 10.2. The number of aromatic nitrogens is 1. The van der Waals surface area contributed by atoms with E-state index in [1.165, 1.54) is 24.3 Å². The highest BCUT2D eigenvalue weighted by Gasteiger charge is 2.22. The number of carbonyl (C=O) groups is 2. The van der Waals surface area contributed by atoms with Gasteiger partial charge in [-0.25, -0.2) is 0 Å². The van der Waals surface area contributed by atoms with E-state index in [9.17, 15) is 24.8 Å². The molecule has 0 bridgehead atoms. The van der Waals surface area contributed by atoms with E-state index in [1.807, 2.05) is 0 Å². The maximum atomic E-state index is 12.1. The van der Waals surface area contributed by atoms with Crippen LogP contribution in [0.5, 0.6) is 0 Å². The molecular formula is C16H16N4O5. The number of rotatable bonds is 8. The number of benzene rings is 1. The molecule has 0 fully saturated rings. The first-order valence-corrected chi connectivity index (χ1v) is 7.36. The molecule has 0 aliphatic carbocycles. The van der Waals surface area contributed by atoms with Gasteiger partial charge in [0.05, 0.1) is 17.0 Å². The zero-order valence-corrected chi connectivity index (χ0v) is 13.1. The largest absolute Gasteiger partial charge is 0.480 e. The molecule has 25 heavy (non-hydrogen) atoms. The van der Waals surface area contributed by atoms with Gasteiger partial charge in [-0.15, -0.1) is 0 Å². The van der Waals surface area contributed by atoms with E-state index < -0.39 is 22.8 Å². The lowest BCUT2D eigenvalue weighted by molar-refractivity contribution is -0.383. The second-order valence-corrected chi connectivity index (χ2v) is 5.12. The fourth-order valence-corrected chi connectivity index (χ4v) is 2.10. The fraction of sp³-hybridized carbons (Fsp3) is 0.188. The summed E-state index contributed by atoms with van der Waals surface area (Å²) in [6.07, 6.45) is 1.20. The quantitative estimate of drug-likeness (QED) is 0.488. The van der Waals surface area contributed by atoms with Gasteiger partial charge in [0, 0.05) is 18.8 Å². The fourth-order valence-electron chi connectivity index (χ4n) is 2.10. The number of aliphatic carboxylic acids is 1. The van der Waals surface area contributed by atoms with Crippen molar-refractivity contribution in [3.63, 3.8) is 0 Å². The number of nitrogens with one attached hydrogen (secondary N) is 2. The number of amides is 1. The molecule has 0 spiro atoms. The molecule has 0 radical (unpaired) electrons. The van der Waals surface area contributed by atoms with Crippen molar-refractivity contribution in [2.24, 2.45) is 0 Å². The molecule has 1 atom stereocenters. The van der Waals surface area contributed by atoms with Crippen molar-refractivity contribution in [2.45, 2.75) is 19.0 Å². The first-order chi connectivity index (χ1) is 12.0. The number of hydrogen-bond acceptors (Lipinski definition) is 6. The lowest BCUT2D eigenvalue weighted by Crippen LogP contribution is -2.39. The first kappa shape index (κ1) is 18.0. The Kier molecular flexibility index (Phi) is 6.13. The molecule has 0 aliphatic heterocycles. The van der Waals surface area contributed by atoms with Gasteiger partial charge in [0.1, 0.15) is 11.7 Å². The monoisotopic (exact) mass is 344 g/mol. The molecule has 130 valence electrons. The molecule has 0 saturated heterocycles. The van der Waals surface area contributed by atoms with Gasteiger partial charge in [-0.1, -0.05) is 18.2 Å². The van der Waals surface area contributed by atoms with E-state index in [0.717, 1.165) is 0 Å². The molecule has 1 amide bonds. The van der Waals surface area contributed by atoms with Gasteiger partial charge in [-0.05, 0) is 18.2 Å². The van der Waals surface area contributed by atoms with Gasteiger partial charge in [0.2, 0.25) is 5.91 Å². The van der Waals surface area contributed by atoms with Crippen molar-refractivity contribution in [1.82, 2.24) is 10.3 Å². The summed E-state index contributed by atoms with van der Waals surface area (Å²) < 4.78 is 0. The van der Waals surface area contributed by atoms with Gasteiger partial charge in [-0.2, -0.15) is 0 Å². The van der Waals surface area contributed by atoms with Crippen LogP contribution in [0.1, 0.15) is 12.1 Å². The van der Waals surface area contributed by atoms with Gasteiger partial charge in [0.25, 0.3) is 5.69 Å². The third-order valence-corrected chi connectivity index (χ3v) is 3.32. The number of anilines is 1. The van der Waals surface area contributed by atoms with E-state index in [4.69, 9.17) is 0 Å². The maximum absolute atomic E-state index is 12.1. The van der Waals surface area contributed by atoms with Crippen LogP contribution in [-0.2, 0) is 16.1 Å². The van der Waals surface area contributed by atoms with Crippen LogP contribution in [0.25, 0.3) is 0 Å². The molecule has 1 unspecified atom stereocenters. The van der Waals surface area contributed by atoms with Gasteiger partial charge < -0.3 is 10.4 Å². The van der Waals surface area contributed by atoms with Crippen LogP contribution in [0.4, 0.5) is 11.4 Å². The molecule has 1 heterocycles. The zero-order valence-electron chi connectivity index (χ0n) is 13.1. The van der Waals surface area contributed by atoms with Crippen molar-refractivity contribution in [3.05, 3.63) is 64.5 Å². The molecule has 2 aromatic rings. The minimum atomic E-state index is -1.20. The van der Waals surface area contributed by atoms with Crippen LogP contribution in [0.3, 0.4) is 0 Å². The van der Waals surface area contributed by atoms with Gasteiger partial charge in [-0.3, -0.25) is 30.0 Å². The topological polar surface area (TPSA) is 134 Å². The summed E-state index contributed by atoms with van der Waals surface area (Å²) in [5, 5.41) is 25.3. The SMILES string of the molecule is O=C(CC(NCc1ccccn1)C(=O)O)Nc1ccccc1[N+](=O)[O-]. The normalized spacial score (nSPS) is 11.5. The second kappa shape index (κ2) is 8.50. The standard InChI is InChI=1S/C16H16N4O5/c21-15(19-12-6-1-2-7-14(12)20(24)25)9-13(16(22)23)18-10-11-5-3-4-8-17-11/h1-8,13,18H,9-10H2,(H,19,21)(H,22,23). The summed E-state index contributed by atoms with van der Waals surface area (Å²) >= 11 is 0. The average molecular weight is 344 g/mol. The summed E-state index contributed by atoms with van der Waals surface area (Å²) in [5.74, 6) is -1.84. The van der Waals surface area contributed by atoms with E-state index in [2.05, 4.69) is 15.6 Å². The minimum Gasteiger partial charge on any atom is -0.480 e. The Bertz CT molecular complexity index is 766. The number of carbonyl (C=O) groups excluding carboxylic acids is 1. The van der Waals surface area contributed by atoms with Crippen molar-refractivity contribution in [1.29, 1.82) is 0 Å². The molecule has 0 saturated carbocycles. The lowest BCUT2D eigenvalue weighted by Gasteiger charge is -2.14. The van der Waals surface area contributed by atoms with Crippen molar-refractivity contribution >= 4 is 23.3 Å². The first-order valence-electron chi connectivity index (χ1n) is 7.36. The third kappa shape index (κ3) is 5.36. The van der Waals surface area contributed by atoms with Crippen LogP contribution in [0, 0.1) is 10.1 Å². The molecule has 1 aromatic carbocycles. The smallest absolute Gasteiger partial charge is 0.321 e. The van der Waals surface area contributed by atoms with Crippen LogP contribution in [0.2, 0.25) is 0 Å². The highest BCUT2D eigenvalue weighted by atomic mass is 16.6. The third-order valence-electron chi connectivity index (χ3n) is 3.32. The summed E-state index contributed by atoms with van der Waals surface area (Å²) in [6.45, 7) is 0.177. The summed E-state index contributed by atoms with van der Waals surface area (Å²) in [5.41, 5.74) is 0.392. The van der Waals surface area contributed by atoms with Crippen LogP contribution in [-0.4, -0.2) is 32.9 Å². The highest BCUT2D eigenvalue weighted by molar-refractivity contribution is 5.95. The minimum absolute atomic E-state index is 0.0198. The zero-order chi connectivity index (χ0) is 18.2. The molecule has 9 heteroatoms. The van der Waals surface area contributed by atoms with Crippen LogP contribution >= 0.6 is 0 Å². The predicted octanol–water partition coefficient (Wildman–Crippen LogP) is 1.56. The number of carboxylic acids is 1. The van der Waals surface area contributed by atoms with E-state index >= 15 is 0 Å². The molecular weight excluding hydrogens is 328 g/mol. The molecule has 2 rings (SSSR count). The number of para-hydroxylation sites is 2. The Hall–Kier alpha value is -3.33. The summed E-state index contributed by atoms with van der Waals surface area (Å²) in [7, 11) is 0. The Morgan fingerprint density at radius 3 is 2.56 bits per heavy atom. The van der Waals surface area contributed by atoms with Gasteiger partial charge >= 0.3 is 5.97 Å². The Morgan fingerprint density at radius 2 is 1.92 bits per heavy atom. The Balaban J connectivity index is 1.98. The summed E-state index contributed by atoms with van der Waals surface area (Å²) in [6, 6.07) is 9.72. The van der Waals surface area contributed by atoms with E-state index in [-0.39, 0.29) is 24.3 Å². The van der Waals surface area contributed by atoms with Crippen molar-refractivity contribution in [3.8, 4) is 0 Å². The van der Waals surface area contributed by atoms with Crippen molar-refractivity contribution in [2.75, 3.05) is 5.32 Å². The summed E-state index contributed by atoms with van der Waals surface area (Å²) in [4.78, 5) is 37.7. The van der Waals surface area contributed by atoms with Crippen LogP contribution < -0.4 is 10.6 Å². The Morgan fingerprint density at radius 1 is 1.20 bits per heavy atom. The van der Waals surface area contributed by atoms with E-state index in [1.54, 1.807) is 24.4 Å². The number of hydrogen-bond donors (Lipinski definition) is 3. The van der Waals surface area contributed by atoms with Crippen LogP contribution in [0.15, 0.2) is 48.7 Å². The number of nitrogens with zero attached hydrogens (tertiary/aromatic N) is 2. The van der Waals surface area contributed by atoms with E-state index in [0.29, 0.717) is 5.69 Å². The average Bonchev–Trinajstić information content (AvgIpc) is 2.59. The number of pyridine rings is 1. The molecule has 3 N–H and O–H groups in total.